The molecular formula is C12H15NO2. The topological polar surface area (TPSA) is 38.3 Å². The molecule has 0 fully saturated rings. The van der Waals surface area contributed by atoms with Crippen molar-refractivity contribution in [2.75, 3.05) is 25.6 Å². The SMILES string of the molecule is COCC(=O)c1cccc2c1CCCN2. The zero-order chi connectivity index (χ0) is 10.7. The van der Waals surface area contributed by atoms with Crippen molar-refractivity contribution in [2.45, 2.75) is 12.8 Å². The summed E-state index contributed by atoms with van der Waals surface area (Å²) in [7, 11) is 1.55. The lowest BCUT2D eigenvalue weighted by atomic mass is 9.95. The number of methoxy groups -OCH3 is 1. The van der Waals surface area contributed by atoms with Gasteiger partial charge in [-0.25, -0.2) is 0 Å². The van der Waals surface area contributed by atoms with Crippen LogP contribution in [0, 0.1) is 0 Å². The zero-order valence-electron chi connectivity index (χ0n) is 8.88. The fourth-order valence-corrected chi connectivity index (χ4v) is 1.98. The first-order valence-corrected chi connectivity index (χ1v) is 5.21. The van der Waals surface area contributed by atoms with Crippen molar-refractivity contribution >= 4 is 11.5 Å². The summed E-state index contributed by atoms with van der Waals surface area (Å²) in [6.07, 6.45) is 2.07. The minimum atomic E-state index is 0.0676. The van der Waals surface area contributed by atoms with Crippen molar-refractivity contribution in [3.63, 3.8) is 0 Å². The van der Waals surface area contributed by atoms with Crippen LogP contribution < -0.4 is 5.32 Å². The Labute approximate surface area is 89.4 Å². The van der Waals surface area contributed by atoms with Crippen LogP contribution in [0.2, 0.25) is 0 Å². The predicted octanol–water partition coefficient (Wildman–Crippen LogP) is 1.87. The molecule has 15 heavy (non-hydrogen) atoms. The molecule has 80 valence electrons. The number of fused-ring (bicyclic) bond motifs is 1. The maximum absolute atomic E-state index is 11.8. The summed E-state index contributed by atoms with van der Waals surface area (Å²) >= 11 is 0. The van der Waals surface area contributed by atoms with E-state index in [9.17, 15) is 4.79 Å². The highest BCUT2D eigenvalue weighted by atomic mass is 16.5. The number of anilines is 1. The van der Waals surface area contributed by atoms with Crippen molar-refractivity contribution in [1.82, 2.24) is 0 Å². The monoisotopic (exact) mass is 205 g/mol. The van der Waals surface area contributed by atoms with E-state index in [1.54, 1.807) is 7.11 Å². The Morgan fingerprint density at radius 1 is 1.53 bits per heavy atom. The normalized spacial score (nSPS) is 14.2. The van der Waals surface area contributed by atoms with Gasteiger partial charge in [0.15, 0.2) is 5.78 Å². The standard InChI is InChI=1S/C12H15NO2/c1-15-8-12(14)10-4-2-6-11-9(10)5-3-7-13-11/h2,4,6,13H,3,5,7-8H2,1H3. The van der Waals surface area contributed by atoms with E-state index in [0.29, 0.717) is 0 Å². The second-order valence-corrected chi connectivity index (χ2v) is 3.72. The first-order chi connectivity index (χ1) is 7.33. The van der Waals surface area contributed by atoms with E-state index in [2.05, 4.69) is 5.32 Å². The van der Waals surface area contributed by atoms with Crippen molar-refractivity contribution in [3.05, 3.63) is 29.3 Å². The lowest BCUT2D eigenvalue weighted by Gasteiger charge is -2.20. The second-order valence-electron chi connectivity index (χ2n) is 3.72. The maximum atomic E-state index is 11.8. The number of nitrogens with one attached hydrogen (secondary N) is 1. The first kappa shape index (κ1) is 10.2. The third-order valence-corrected chi connectivity index (χ3v) is 2.67. The van der Waals surface area contributed by atoms with Gasteiger partial charge in [0.2, 0.25) is 0 Å². The zero-order valence-corrected chi connectivity index (χ0v) is 8.88. The highest BCUT2D eigenvalue weighted by molar-refractivity contribution is 5.99. The van der Waals surface area contributed by atoms with Gasteiger partial charge in [0.25, 0.3) is 0 Å². The van der Waals surface area contributed by atoms with Crippen LogP contribution in [-0.2, 0) is 11.2 Å². The molecule has 0 saturated carbocycles. The van der Waals surface area contributed by atoms with Gasteiger partial charge in [-0.3, -0.25) is 4.79 Å². The molecule has 1 aliphatic heterocycles. The van der Waals surface area contributed by atoms with Crippen LogP contribution in [0.25, 0.3) is 0 Å². The molecule has 2 rings (SSSR count). The predicted molar refractivity (Wildman–Crippen MR) is 59.5 cm³/mol. The summed E-state index contributed by atoms with van der Waals surface area (Å²) < 4.78 is 4.88. The number of hydrogen-bond acceptors (Lipinski definition) is 3. The van der Waals surface area contributed by atoms with Crippen molar-refractivity contribution in [3.8, 4) is 0 Å². The average Bonchev–Trinajstić information content (AvgIpc) is 2.28. The van der Waals surface area contributed by atoms with Crippen LogP contribution in [0.1, 0.15) is 22.3 Å². The van der Waals surface area contributed by atoms with Crippen LogP contribution >= 0.6 is 0 Å². The molecule has 0 spiro atoms. The summed E-state index contributed by atoms with van der Waals surface area (Å²) in [5, 5.41) is 3.31. The number of ether oxygens (including phenoxy) is 1. The minimum absolute atomic E-state index is 0.0676. The number of Topliss-reactive ketones (excluding diaryl/α,β-unsaturated/α-hetero) is 1. The summed E-state index contributed by atoms with van der Waals surface area (Å²) in [6, 6.07) is 5.82. The van der Waals surface area contributed by atoms with E-state index in [1.807, 2.05) is 18.2 Å². The van der Waals surface area contributed by atoms with Gasteiger partial charge in [0, 0.05) is 24.9 Å². The Morgan fingerprint density at radius 3 is 3.20 bits per heavy atom. The van der Waals surface area contributed by atoms with E-state index in [4.69, 9.17) is 4.74 Å². The fraction of sp³-hybridized carbons (Fsp3) is 0.417. The van der Waals surface area contributed by atoms with Crippen LogP contribution in [0.15, 0.2) is 18.2 Å². The summed E-state index contributed by atoms with van der Waals surface area (Å²) in [5.41, 5.74) is 3.05. The van der Waals surface area contributed by atoms with Crippen molar-refractivity contribution in [1.29, 1.82) is 0 Å². The average molecular weight is 205 g/mol. The van der Waals surface area contributed by atoms with Crippen molar-refractivity contribution in [2.24, 2.45) is 0 Å². The molecule has 1 N–H and O–H groups in total. The molecule has 1 heterocycles. The molecule has 0 unspecified atom stereocenters. The van der Waals surface area contributed by atoms with Crippen LogP contribution in [0.3, 0.4) is 0 Å². The number of benzene rings is 1. The summed E-state index contributed by atoms with van der Waals surface area (Å²) in [6.45, 7) is 1.16. The molecule has 0 atom stereocenters. The van der Waals surface area contributed by atoms with E-state index >= 15 is 0 Å². The molecule has 1 aromatic carbocycles. The van der Waals surface area contributed by atoms with Gasteiger partial charge < -0.3 is 10.1 Å². The first-order valence-electron chi connectivity index (χ1n) is 5.21. The van der Waals surface area contributed by atoms with E-state index in [0.717, 1.165) is 36.2 Å². The lowest BCUT2D eigenvalue weighted by Crippen LogP contribution is -2.17. The second kappa shape index (κ2) is 4.45. The van der Waals surface area contributed by atoms with Crippen LogP contribution in [0.5, 0.6) is 0 Å². The largest absolute Gasteiger partial charge is 0.385 e. The van der Waals surface area contributed by atoms with E-state index in [-0.39, 0.29) is 12.4 Å². The molecule has 0 bridgehead atoms. The van der Waals surface area contributed by atoms with Gasteiger partial charge >= 0.3 is 0 Å². The third kappa shape index (κ3) is 2.02. The van der Waals surface area contributed by atoms with Gasteiger partial charge in [-0.05, 0) is 24.5 Å². The molecule has 1 aromatic rings. The number of ketones is 1. The quantitative estimate of drug-likeness (QED) is 0.766. The minimum Gasteiger partial charge on any atom is -0.385 e. The Hall–Kier alpha value is -1.35. The van der Waals surface area contributed by atoms with Gasteiger partial charge in [0.1, 0.15) is 6.61 Å². The molecule has 1 aliphatic rings. The van der Waals surface area contributed by atoms with E-state index in [1.165, 1.54) is 0 Å². The molecule has 0 amide bonds. The van der Waals surface area contributed by atoms with Crippen LogP contribution in [0.4, 0.5) is 5.69 Å². The molecule has 3 nitrogen and oxygen atoms in total. The highest BCUT2D eigenvalue weighted by Crippen LogP contribution is 2.25. The lowest BCUT2D eigenvalue weighted by molar-refractivity contribution is 0.0847. The fourth-order valence-electron chi connectivity index (χ4n) is 1.98. The molecule has 0 radical (unpaired) electrons. The molecule has 0 aromatic heterocycles. The summed E-state index contributed by atoms with van der Waals surface area (Å²) in [5.74, 6) is 0.0676. The number of rotatable bonds is 3. The number of carbonyl (C=O) groups excluding carboxylic acids is 1. The molecular weight excluding hydrogens is 190 g/mol. The number of hydrogen-bond donors (Lipinski definition) is 1. The van der Waals surface area contributed by atoms with Gasteiger partial charge in [-0.1, -0.05) is 12.1 Å². The Bertz CT molecular complexity index is 374. The van der Waals surface area contributed by atoms with E-state index < -0.39 is 0 Å². The highest BCUT2D eigenvalue weighted by Gasteiger charge is 2.16. The van der Waals surface area contributed by atoms with Crippen molar-refractivity contribution < 1.29 is 9.53 Å². The maximum Gasteiger partial charge on any atom is 0.188 e. The molecule has 3 heteroatoms. The Balaban J connectivity index is 2.34. The Kier molecular flexibility index (Phi) is 3.02. The van der Waals surface area contributed by atoms with Crippen LogP contribution in [-0.4, -0.2) is 26.0 Å². The number of carbonyl (C=O) groups is 1. The van der Waals surface area contributed by atoms with Gasteiger partial charge in [-0.2, -0.15) is 0 Å². The smallest absolute Gasteiger partial charge is 0.188 e. The molecule has 0 saturated heterocycles. The third-order valence-electron chi connectivity index (χ3n) is 2.67. The molecule has 0 aliphatic carbocycles. The Morgan fingerprint density at radius 2 is 2.40 bits per heavy atom. The van der Waals surface area contributed by atoms with Gasteiger partial charge in [0.05, 0.1) is 0 Å². The summed E-state index contributed by atoms with van der Waals surface area (Å²) in [4.78, 5) is 11.8. The van der Waals surface area contributed by atoms with Gasteiger partial charge in [-0.15, -0.1) is 0 Å².